The summed E-state index contributed by atoms with van der Waals surface area (Å²) in [5, 5.41) is 10.2. The molecule has 60 heavy (non-hydrogen) atoms. The van der Waals surface area contributed by atoms with Crippen molar-refractivity contribution in [1.29, 1.82) is 0 Å². The number of aromatic nitrogens is 6. The van der Waals surface area contributed by atoms with Gasteiger partial charge in [-0.25, -0.2) is 39.7 Å². The molecule has 1 amide bonds. The number of amides is 1. The standard InChI is InChI=1S/C38H31ClF8N8O4S/c1-4-37(44,45)17-5-6-20-24(12-17)49-35(55(36(20)57)26-8-7-23(39)29-31(26)53(2)51-34(29)52-60(3,58)59)25(11-16-9-18(40)13-19(41)10-16)48-27(56)15-54-32-28(30(50-54)33(42)43)21-14-22(21)38(32,46)47/h5-10,12-13,21-22,25,33H,4,11,14-15H2,1-3H3,(H,48,56)(H,51,52)/t21-,22?,25+/m1/s1. The van der Waals surface area contributed by atoms with Gasteiger partial charge in [-0.1, -0.05) is 24.6 Å². The van der Waals surface area contributed by atoms with Crippen LogP contribution in [0.1, 0.15) is 72.1 Å². The third-order valence-electron chi connectivity index (χ3n) is 10.7. The Morgan fingerprint density at radius 1 is 1.07 bits per heavy atom. The minimum atomic E-state index is -3.95. The molecule has 0 aliphatic heterocycles. The summed E-state index contributed by atoms with van der Waals surface area (Å²) in [4.78, 5) is 33.3. The van der Waals surface area contributed by atoms with E-state index in [1.807, 2.05) is 0 Å². The summed E-state index contributed by atoms with van der Waals surface area (Å²) in [6.45, 7) is 0.172. The predicted molar refractivity (Wildman–Crippen MR) is 202 cm³/mol. The van der Waals surface area contributed by atoms with Crippen LogP contribution in [0.4, 0.5) is 40.9 Å². The van der Waals surface area contributed by atoms with E-state index in [0.717, 1.165) is 41.2 Å². The summed E-state index contributed by atoms with van der Waals surface area (Å²) in [6.07, 6.45) is -3.64. The first kappa shape index (κ1) is 41.2. The number of rotatable bonds is 12. The lowest BCUT2D eigenvalue weighted by atomic mass is 10.0. The SMILES string of the molecule is CCC(F)(F)c1ccc2c(=O)n(-c3ccc(Cl)c4c(NS(C)(=O)=O)nn(C)c34)c([C@H](Cc3cc(F)cc(F)c3)NC(=O)Cn3nc(C(F)F)c4c3C(F)(F)C3C[C@@H]43)nc2c1. The number of alkyl halides is 6. The molecule has 8 rings (SSSR count). The zero-order valence-electron chi connectivity index (χ0n) is 31.4. The first-order valence-corrected chi connectivity index (χ1v) is 20.5. The van der Waals surface area contributed by atoms with Crippen LogP contribution in [0.3, 0.4) is 0 Å². The summed E-state index contributed by atoms with van der Waals surface area (Å²) in [7, 11) is -2.57. The van der Waals surface area contributed by atoms with Crippen LogP contribution in [-0.4, -0.2) is 49.7 Å². The van der Waals surface area contributed by atoms with E-state index in [2.05, 4.69) is 25.2 Å². The summed E-state index contributed by atoms with van der Waals surface area (Å²) < 4.78 is 148. The summed E-state index contributed by atoms with van der Waals surface area (Å²) in [6, 6.07) is 6.41. The van der Waals surface area contributed by atoms with E-state index >= 15 is 17.6 Å². The van der Waals surface area contributed by atoms with Gasteiger partial charge in [0.1, 0.15) is 35.4 Å². The highest BCUT2D eigenvalue weighted by atomic mass is 35.5. The second kappa shape index (κ2) is 14.3. The third kappa shape index (κ3) is 7.03. The topological polar surface area (TPSA) is 146 Å². The molecule has 3 aromatic heterocycles. The van der Waals surface area contributed by atoms with Crippen LogP contribution in [0.5, 0.6) is 0 Å². The number of nitrogens with one attached hydrogen (secondary N) is 2. The largest absolute Gasteiger partial charge is 0.344 e. The predicted octanol–water partition coefficient (Wildman–Crippen LogP) is 7.52. The van der Waals surface area contributed by atoms with Gasteiger partial charge in [0.15, 0.2) is 5.82 Å². The van der Waals surface area contributed by atoms with Gasteiger partial charge in [-0.05, 0) is 54.3 Å². The molecule has 12 nitrogen and oxygen atoms in total. The number of fused-ring (bicyclic) bond motifs is 5. The number of carbonyl (C=O) groups is 1. The Balaban J connectivity index is 1.35. The van der Waals surface area contributed by atoms with Crippen LogP contribution >= 0.6 is 11.6 Å². The normalized spacial score (nSPS) is 17.6. The fourth-order valence-corrected chi connectivity index (χ4v) is 8.75. The molecule has 1 unspecified atom stereocenters. The average molecular weight is 883 g/mol. The molecule has 2 aliphatic carbocycles. The molecular formula is C38H31ClF8N8O4S. The number of aryl methyl sites for hydroxylation is 1. The van der Waals surface area contributed by atoms with Crippen molar-refractivity contribution < 1.29 is 48.3 Å². The van der Waals surface area contributed by atoms with Crippen LogP contribution in [0.15, 0.2) is 53.3 Å². The lowest BCUT2D eigenvalue weighted by Gasteiger charge is -2.24. The number of hydrogen-bond donors (Lipinski definition) is 2. The van der Waals surface area contributed by atoms with Crippen molar-refractivity contribution in [3.05, 3.63) is 109 Å². The van der Waals surface area contributed by atoms with Crippen LogP contribution in [0.2, 0.25) is 5.02 Å². The zero-order valence-corrected chi connectivity index (χ0v) is 33.0. The van der Waals surface area contributed by atoms with Gasteiger partial charge in [-0.15, -0.1) is 0 Å². The van der Waals surface area contributed by atoms with Crippen molar-refractivity contribution in [2.75, 3.05) is 11.0 Å². The molecule has 2 aliphatic rings. The lowest BCUT2D eigenvalue weighted by molar-refractivity contribution is -0.123. The first-order chi connectivity index (χ1) is 28.1. The Labute approximate surface area is 339 Å². The third-order valence-corrected chi connectivity index (χ3v) is 11.5. The van der Waals surface area contributed by atoms with Gasteiger partial charge in [0, 0.05) is 43.0 Å². The number of halogens is 9. The van der Waals surface area contributed by atoms with Gasteiger partial charge >= 0.3 is 0 Å². The van der Waals surface area contributed by atoms with Gasteiger partial charge in [0.2, 0.25) is 15.9 Å². The van der Waals surface area contributed by atoms with Gasteiger partial charge in [0.25, 0.3) is 23.8 Å². The van der Waals surface area contributed by atoms with Crippen molar-refractivity contribution >= 4 is 55.2 Å². The molecule has 1 fully saturated rings. The number of nitrogens with zero attached hydrogens (tertiary/aromatic N) is 6. The Kier molecular flexibility index (Phi) is 9.80. The maximum atomic E-state index is 15.4. The van der Waals surface area contributed by atoms with E-state index in [-0.39, 0.29) is 55.9 Å². The number of carbonyl (C=O) groups excluding carboxylic acids is 1. The Morgan fingerprint density at radius 3 is 2.42 bits per heavy atom. The number of sulfonamides is 1. The van der Waals surface area contributed by atoms with Gasteiger partial charge in [0.05, 0.1) is 44.8 Å². The lowest BCUT2D eigenvalue weighted by Crippen LogP contribution is -2.38. The average Bonchev–Trinajstić information content (AvgIpc) is 3.69. The molecular weight excluding hydrogens is 852 g/mol. The molecule has 3 atom stereocenters. The smallest absolute Gasteiger partial charge is 0.293 e. The van der Waals surface area contributed by atoms with E-state index in [1.54, 1.807) is 0 Å². The second-order valence-corrected chi connectivity index (χ2v) is 17.0. The van der Waals surface area contributed by atoms with Crippen molar-refractivity contribution in [2.24, 2.45) is 13.0 Å². The van der Waals surface area contributed by atoms with Crippen LogP contribution in [0.25, 0.3) is 27.5 Å². The molecule has 0 radical (unpaired) electrons. The molecule has 3 aromatic carbocycles. The minimum absolute atomic E-state index is 0.00731. The fraction of sp³-hybridized carbons (Fsp3) is 0.342. The monoisotopic (exact) mass is 882 g/mol. The second-order valence-electron chi connectivity index (χ2n) is 14.8. The maximum Gasteiger partial charge on any atom is 0.293 e. The van der Waals surface area contributed by atoms with Gasteiger partial charge < -0.3 is 5.32 Å². The Hall–Kier alpha value is -5.57. The molecule has 316 valence electrons. The van der Waals surface area contributed by atoms with Gasteiger partial charge in [-0.2, -0.15) is 19.0 Å². The van der Waals surface area contributed by atoms with Crippen LogP contribution in [-0.2, 0) is 46.7 Å². The molecule has 0 bridgehead atoms. The molecule has 1 saturated carbocycles. The van der Waals surface area contributed by atoms with Crippen LogP contribution in [0, 0.1) is 17.6 Å². The summed E-state index contributed by atoms with van der Waals surface area (Å²) >= 11 is 6.55. The van der Waals surface area contributed by atoms with Crippen LogP contribution < -0.4 is 15.6 Å². The van der Waals surface area contributed by atoms with E-state index in [4.69, 9.17) is 11.6 Å². The highest BCUT2D eigenvalue weighted by Crippen LogP contribution is 2.68. The molecule has 22 heteroatoms. The fourth-order valence-electron chi connectivity index (χ4n) is 8.01. The quantitative estimate of drug-likeness (QED) is 0.121. The highest BCUT2D eigenvalue weighted by molar-refractivity contribution is 7.92. The van der Waals surface area contributed by atoms with E-state index in [1.165, 1.54) is 30.8 Å². The van der Waals surface area contributed by atoms with Crippen molar-refractivity contribution in [2.45, 2.75) is 63.0 Å². The molecule has 6 aromatic rings. The molecule has 2 N–H and O–H groups in total. The van der Waals surface area contributed by atoms with Crippen molar-refractivity contribution in [3.8, 4) is 5.69 Å². The number of anilines is 1. The zero-order chi connectivity index (χ0) is 43.4. The van der Waals surface area contributed by atoms with Crippen molar-refractivity contribution in [3.63, 3.8) is 0 Å². The molecule has 3 heterocycles. The van der Waals surface area contributed by atoms with E-state index < -0.39 is 111 Å². The summed E-state index contributed by atoms with van der Waals surface area (Å²) in [5.41, 5.74) is -4.05. The molecule has 0 spiro atoms. The van der Waals surface area contributed by atoms with Crippen molar-refractivity contribution in [1.82, 2.24) is 34.4 Å². The minimum Gasteiger partial charge on any atom is -0.344 e. The number of benzene rings is 3. The van der Waals surface area contributed by atoms with E-state index in [9.17, 15) is 35.6 Å². The maximum absolute atomic E-state index is 15.4. The highest BCUT2D eigenvalue weighted by Gasteiger charge is 2.67. The summed E-state index contributed by atoms with van der Waals surface area (Å²) in [5.74, 6) is -13.0. The molecule has 0 saturated heterocycles. The van der Waals surface area contributed by atoms with Gasteiger partial charge in [-0.3, -0.25) is 28.2 Å². The Bertz CT molecular complexity index is 2930. The number of hydrogen-bond acceptors (Lipinski definition) is 7. The van der Waals surface area contributed by atoms with E-state index in [0.29, 0.717) is 10.7 Å². The first-order valence-electron chi connectivity index (χ1n) is 18.2. The Morgan fingerprint density at radius 2 is 1.77 bits per heavy atom.